The van der Waals surface area contributed by atoms with Crippen LogP contribution in [-0.4, -0.2) is 30.5 Å². The predicted octanol–water partition coefficient (Wildman–Crippen LogP) is 1.33. The van der Waals surface area contributed by atoms with Crippen molar-refractivity contribution < 1.29 is 4.79 Å². The molecule has 1 aromatic carbocycles. The van der Waals surface area contributed by atoms with Crippen LogP contribution in [0.3, 0.4) is 0 Å². The van der Waals surface area contributed by atoms with Crippen LogP contribution >= 0.6 is 0 Å². The van der Waals surface area contributed by atoms with Gasteiger partial charge in [0.15, 0.2) is 5.84 Å². The molecule has 2 aliphatic rings. The van der Waals surface area contributed by atoms with Crippen molar-refractivity contribution in [2.75, 3.05) is 13.1 Å². The molecule has 4 nitrogen and oxygen atoms in total. The van der Waals surface area contributed by atoms with Gasteiger partial charge in [-0.05, 0) is 19.9 Å². The van der Waals surface area contributed by atoms with Crippen LogP contribution in [0.25, 0.3) is 0 Å². The van der Waals surface area contributed by atoms with E-state index in [2.05, 4.69) is 15.3 Å². The Morgan fingerprint density at radius 3 is 2.78 bits per heavy atom. The van der Waals surface area contributed by atoms with E-state index in [9.17, 15) is 4.79 Å². The first-order valence-electron chi connectivity index (χ1n) is 6.22. The van der Waals surface area contributed by atoms with Crippen molar-refractivity contribution in [1.82, 2.24) is 5.32 Å². The Kier molecular flexibility index (Phi) is 2.80. The fourth-order valence-electron chi connectivity index (χ4n) is 2.31. The molecule has 0 spiro atoms. The number of piperidine rings is 1. The number of hydrogen-bond donors (Lipinski definition) is 1. The Morgan fingerprint density at radius 1 is 1.22 bits per heavy atom. The summed E-state index contributed by atoms with van der Waals surface area (Å²) in [6.45, 7) is 3.59. The molecule has 1 saturated heterocycles. The van der Waals surface area contributed by atoms with Crippen LogP contribution in [-0.2, 0) is 4.79 Å². The van der Waals surface area contributed by atoms with E-state index in [1.807, 2.05) is 31.2 Å². The molecule has 18 heavy (non-hydrogen) atoms. The second kappa shape index (κ2) is 4.46. The van der Waals surface area contributed by atoms with Gasteiger partial charge in [0.2, 0.25) is 0 Å². The molecule has 4 heteroatoms. The van der Waals surface area contributed by atoms with Gasteiger partial charge >= 0.3 is 0 Å². The Hall–Kier alpha value is -1.81. The number of amides is 1. The van der Waals surface area contributed by atoms with Crippen LogP contribution in [0, 0.1) is 12.8 Å². The number of rotatable bonds is 1. The van der Waals surface area contributed by atoms with Gasteiger partial charge in [0, 0.05) is 17.8 Å². The number of nitrogens with one attached hydrogen (secondary N) is 1. The minimum absolute atomic E-state index is 0.0444. The Balaban J connectivity index is 1.96. The van der Waals surface area contributed by atoms with Crippen molar-refractivity contribution >= 4 is 17.5 Å². The molecule has 0 bridgehead atoms. The van der Waals surface area contributed by atoms with Gasteiger partial charge < -0.3 is 5.32 Å². The standard InChI is InChI=1S/C14H15N3O/c1-9-2-4-10(5-3-9)13-16-12-8-15-7-6-11(12)14(18)17-13/h2-5,11,15H,6-8H2,1H3. The molecule has 0 radical (unpaired) electrons. The average molecular weight is 241 g/mol. The molecule has 2 heterocycles. The van der Waals surface area contributed by atoms with Crippen molar-refractivity contribution in [2.45, 2.75) is 13.3 Å². The summed E-state index contributed by atoms with van der Waals surface area (Å²) in [5.74, 6) is 0.410. The molecule has 0 aliphatic carbocycles. The molecule has 0 saturated carbocycles. The lowest BCUT2D eigenvalue weighted by molar-refractivity contribution is -0.120. The minimum atomic E-state index is -0.0968. The second-order valence-electron chi connectivity index (χ2n) is 4.76. The number of aliphatic imine (C=N–C) groups is 2. The first-order chi connectivity index (χ1) is 8.74. The summed E-state index contributed by atoms with van der Waals surface area (Å²) >= 11 is 0. The third-order valence-corrected chi connectivity index (χ3v) is 3.39. The number of carbonyl (C=O) groups is 1. The third-order valence-electron chi connectivity index (χ3n) is 3.39. The molecular weight excluding hydrogens is 226 g/mol. The largest absolute Gasteiger partial charge is 0.311 e. The first-order valence-corrected chi connectivity index (χ1v) is 6.22. The predicted molar refractivity (Wildman–Crippen MR) is 71.1 cm³/mol. The molecule has 2 aliphatic heterocycles. The van der Waals surface area contributed by atoms with E-state index in [1.165, 1.54) is 5.56 Å². The molecule has 1 amide bonds. The summed E-state index contributed by atoms with van der Waals surface area (Å²) < 4.78 is 0. The average Bonchev–Trinajstić information content (AvgIpc) is 2.39. The Morgan fingerprint density at radius 2 is 2.00 bits per heavy atom. The van der Waals surface area contributed by atoms with Crippen molar-refractivity contribution in [3.8, 4) is 0 Å². The van der Waals surface area contributed by atoms with Crippen molar-refractivity contribution in [3.05, 3.63) is 35.4 Å². The van der Waals surface area contributed by atoms with E-state index in [0.717, 1.165) is 24.2 Å². The highest BCUT2D eigenvalue weighted by Gasteiger charge is 2.30. The molecular formula is C14H15N3O. The Bertz CT molecular complexity index is 543. The van der Waals surface area contributed by atoms with Crippen LogP contribution in [0.4, 0.5) is 0 Å². The van der Waals surface area contributed by atoms with Gasteiger partial charge in [-0.1, -0.05) is 29.8 Å². The van der Waals surface area contributed by atoms with Crippen LogP contribution in [0.2, 0.25) is 0 Å². The normalized spacial score (nSPS) is 23.2. The van der Waals surface area contributed by atoms with E-state index in [0.29, 0.717) is 12.4 Å². The van der Waals surface area contributed by atoms with E-state index in [-0.39, 0.29) is 11.8 Å². The number of amidine groups is 1. The third kappa shape index (κ3) is 1.99. The van der Waals surface area contributed by atoms with Crippen LogP contribution in [0.15, 0.2) is 34.3 Å². The topological polar surface area (TPSA) is 53.8 Å². The molecule has 92 valence electrons. The molecule has 1 atom stereocenters. The maximum absolute atomic E-state index is 12.0. The number of benzene rings is 1. The highest BCUT2D eigenvalue weighted by molar-refractivity contribution is 6.21. The highest BCUT2D eigenvalue weighted by atomic mass is 16.1. The summed E-state index contributed by atoms with van der Waals surface area (Å²) in [7, 11) is 0. The van der Waals surface area contributed by atoms with Crippen molar-refractivity contribution in [3.63, 3.8) is 0 Å². The molecule has 1 fully saturated rings. The maximum Gasteiger partial charge on any atom is 0.256 e. The molecule has 3 rings (SSSR count). The van der Waals surface area contributed by atoms with Gasteiger partial charge in [0.05, 0.1) is 5.92 Å². The number of nitrogens with zero attached hydrogens (tertiary/aromatic N) is 2. The summed E-state index contributed by atoms with van der Waals surface area (Å²) in [5.41, 5.74) is 3.02. The van der Waals surface area contributed by atoms with Crippen molar-refractivity contribution in [1.29, 1.82) is 0 Å². The second-order valence-corrected chi connectivity index (χ2v) is 4.76. The van der Waals surface area contributed by atoms with Gasteiger partial charge in [0.25, 0.3) is 5.91 Å². The van der Waals surface area contributed by atoms with Crippen molar-refractivity contribution in [2.24, 2.45) is 15.9 Å². The monoisotopic (exact) mass is 241 g/mol. The lowest BCUT2D eigenvalue weighted by Crippen LogP contribution is -2.42. The minimum Gasteiger partial charge on any atom is -0.311 e. The van der Waals surface area contributed by atoms with Gasteiger partial charge in [0.1, 0.15) is 0 Å². The fourth-order valence-corrected chi connectivity index (χ4v) is 2.31. The smallest absolute Gasteiger partial charge is 0.256 e. The quantitative estimate of drug-likeness (QED) is 0.806. The van der Waals surface area contributed by atoms with E-state index < -0.39 is 0 Å². The van der Waals surface area contributed by atoms with Crippen LogP contribution in [0.5, 0.6) is 0 Å². The van der Waals surface area contributed by atoms with Crippen LogP contribution < -0.4 is 5.32 Å². The summed E-state index contributed by atoms with van der Waals surface area (Å²) in [6, 6.07) is 7.94. The van der Waals surface area contributed by atoms with E-state index in [1.54, 1.807) is 0 Å². The van der Waals surface area contributed by atoms with E-state index >= 15 is 0 Å². The van der Waals surface area contributed by atoms with Gasteiger partial charge in [-0.25, -0.2) is 4.99 Å². The zero-order valence-corrected chi connectivity index (χ0v) is 10.3. The molecule has 1 aromatic rings. The zero-order chi connectivity index (χ0) is 12.5. The number of aryl methyl sites for hydroxylation is 1. The van der Waals surface area contributed by atoms with E-state index in [4.69, 9.17) is 0 Å². The number of fused-ring (bicyclic) bond motifs is 1. The number of carbonyl (C=O) groups excluding carboxylic acids is 1. The zero-order valence-electron chi connectivity index (χ0n) is 10.3. The summed E-state index contributed by atoms with van der Waals surface area (Å²) in [5, 5.41) is 3.25. The van der Waals surface area contributed by atoms with Gasteiger partial charge in [-0.15, -0.1) is 0 Å². The van der Waals surface area contributed by atoms with Gasteiger partial charge in [-0.2, -0.15) is 4.99 Å². The van der Waals surface area contributed by atoms with Crippen LogP contribution in [0.1, 0.15) is 17.5 Å². The molecule has 1 N–H and O–H groups in total. The first kappa shape index (κ1) is 11.3. The molecule has 0 aromatic heterocycles. The maximum atomic E-state index is 12.0. The molecule has 1 unspecified atom stereocenters. The lowest BCUT2D eigenvalue weighted by atomic mass is 9.93. The SMILES string of the molecule is Cc1ccc(C2=NC(=O)C3CCNCC3=N2)cc1. The fraction of sp³-hybridized carbons (Fsp3) is 0.357. The summed E-state index contributed by atoms with van der Waals surface area (Å²) in [4.78, 5) is 20.6. The lowest BCUT2D eigenvalue weighted by Gasteiger charge is -2.25. The Labute approximate surface area is 106 Å². The summed E-state index contributed by atoms with van der Waals surface area (Å²) in [6.07, 6.45) is 0.808. The number of hydrogen-bond acceptors (Lipinski definition) is 3. The van der Waals surface area contributed by atoms with Gasteiger partial charge in [-0.3, -0.25) is 4.79 Å². The highest BCUT2D eigenvalue weighted by Crippen LogP contribution is 2.19.